The Labute approximate surface area is 97.7 Å². The summed E-state index contributed by atoms with van der Waals surface area (Å²) in [4.78, 5) is 11.6. The SMILES string of the molecule is C/C=C1/CCCC2(CCCC2C)C1C(=O)O. The smallest absolute Gasteiger partial charge is 0.311 e. The van der Waals surface area contributed by atoms with Crippen molar-refractivity contribution in [1.82, 2.24) is 0 Å². The summed E-state index contributed by atoms with van der Waals surface area (Å²) < 4.78 is 0. The number of carboxylic acid groups (broad SMARTS) is 1. The average Bonchev–Trinajstić information content (AvgIpc) is 2.60. The van der Waals surface area contributed by atoms with Gasteiger partial charge in [-0.2, -0.15) is 0 Å². The molecule has 0 saturated heterocycles. The summed E-state index contributed by atoms with van der Waals surface area (Å²) >= 11 is 0. The van der Waals surface area contributed by atoms with Crippen LogP contribution in [0.5, 0.6) is 0 Å². The van der Waals surface area contributed by atoms with Crippen molar-refractivity contribution in [3.63, 3.8) is 0 Å². The molecule has 0 heterocycles. The average molecular weight is 222 g/mol. The fourth-order valence-electron chi connectivity index (χ4n) is 4.07. The molecule has 90 valence electrons. The third-order valence-electron chi connectivity index (χ3n) is 4.93. The summed E-state index contributed by atoms with van der Waals surface area (Å²) in [5, 5.41) is 9.54. The number of carboxylic acids is 1. The third-order valence-corrected chi connectivity index (χ3v) is 4.93. The molecule has 2 rings (SSSR count). The zero-order valence-electron chi connectivity index (χ0n) is 10.3. The number of carbonyl (C=O) groups is 1. The molecular weight excluding hydrogens is 200 g/mol. The Morgan fingerprint density at radius 1 is 1.44 bits per heavy atom. The van der Waals surface area contributed by atoms with E-state index in [4.69, 9.17) is 0 Å². The lowest BCUT2D eigenvalue weighted by molar-refractivity contribution is -0.147. The molecule has 0 amide bonds. The van der Waals surface area contributed by atoms with E-state index in [2.05, 4.69) is 6.92 Å². The highest BCUT2D eigenvalue weighted by atomic mass is 16.4. The Kier molecular flexibility index (Phi) is 3.09. The van der Waals surface area contributed by atoms with Gasteiger partial charge in [0.15, 0.2) is 0 Å². The van der Waals surface area contributed by atoms with E-state index in [1.807, 2.05) is 13.0 Å². The van der Waals surface area contributed by atoms with Crippen molar-refractivity contribution >= 4 is 5.97 Å². The molecule has 1 spiro atoms. The molecule has 0 aliphatic heterocycles. The first-order chi connectivity index (χ1) is 7.62. The molecule has 0 aromatic rings. The lowest BCUT2D eigenvalue weighted by atomic mass is 9.59. The van der Waals surface area contributed by atoms with Crippen LogP contribution in [0.4, 0.5) is 0 Å². The van der Waals surface area contributed by atoms with Crippen LogP contribution in [0.2, 0.25) is 0 Å². The third kappa shape index (κ3) is 1.59. The van der Waals surface area contributed by atoms with Crippen molar-refractivity contribution in [2.45, 2.75) is 52.4 Å². The van der Waals surface area contributed by atoms with Crippen LogP contribution in [-0.2, 0) is 4.79 Å². The Balaban J connectivity index is 2.38. The van der Waals surface area contributed by atoms with Gasteiger partial charge < -0.3 is 5.11 Å². The monoisotopic (exact) mass is 222 g/mol. The number of aliphatic carboxylic acids is 1. The minimum Gasteiger partial charge on any atom is -0.481 e. The number of allylic oxidation sites excluding steroid dienone is 1. The van der Waals surface area contributed by atoms with Gasteiger partial charge in [-0.3, -0.25) is 4.79 Å². The first kappa shape index (κ1) is 11.7. The van der Waals surface area contributed by atoms with E-state index in [9.17, 15) is 9.90 Å². The van der Waals surface area contributed by atoms with Crippen LogP contribution in [0.1, 0.15) is 52.4 Å². The second-order valence-electron chi connectivity index (χ2n) is 5.51. The van der Waals surface area contributed by atoms with E-state index in [-0.39, 0.29) is 11.3 Å². The maximum Gasteiger partial charge on any atom is 0.311 e. The van der Waals surface area contributed by atoms with Gasteiger partial charge in [0.1, 0.15) is 0 Å². The Hall–Kier alpha value is -0.790. The Bertz CT molecular complexity index is 319. The van der Waals surface area contributed by atoms with Crippen molar-refractivity contribution in [1.29, 1.82) is 0 Å². The van der Waals surface area contributed by atoms with Gasteiger partial charge in [-0.15, -0.1) is 0 Å². The standard InChI is InChI=1S/C14H22O2/c1-3-11-7-5-9-14(12(11)13(15)16)8-4-6-10(14)2/h3,10,12H,4-9H2,1-2H3,(H,15,16)/b11-3-. The maximum absolute atomic E-state index is 11.6. The molecule has 2 fully saturated rings. The van der Waals surface area contributed by atoms with Crippen LogP contribution in [0.15, 0.2) is 11.6 Å². The maximum atomic E-state index is 11.6. The van der Waals surface area contributed by atoms with Gasteiger partial charge in [0, 0.05) is 0 Å². The molecule has 16 heavy (non-hydrogen) atoms. The Morgan fingerprint density at radius 2 is 2.12 bits per heavy atom. The summed E-state index contributed by atoms with van der Waals surface area (Å²) in [6.07, 6.45) is 8.86. The normalized spacial score (nSPS) is 41.8. The number of rotatable bonds is 1. The summed E-state index contributed by atoms with van der Waals surface area (Å²) in [6.45, 7) is 4.24. The molecular formula is C14H22O2. The molecule has 0 bridgehead atoms. The summed E-state index contributed by atoms with van der Waals surface area (Å²) in [6, 6.07) is 0. The predicted octanol–water partition coefficient (Wildman–Crippen LogP) is 3.62. The second kappa shape index (κ2) is 4.23. The Morgan fingerprint density at radius 3 is 2.62 bits per heavy atom. The molecule has 1 N–H and O–H groups in total. The minimum atomic E-state index is -0.596. The fraction of sp³-hybridized carbons (Fsp3) is 0.786. The zero-order valence-corrected chi connectivity index (χ0v) is 10.3. The highest BCUT2D eigenvalue weighted by molar-refractivity contribution is 5.75. The van der Waals surface area contributed by atoms with E-state index in [0.717, 1.165) is 19.3 Å². The van der Waals surface area contributed by atoms with Crippen molar-refractivity contribution in [2.24, 2.45) is 17.3 Å². The summed E-state index contributed by atoms with van der Waals surface area (Å²) in [7, 11) is 0. The lowest BCUT2D eigenvalue weighted by Crippen LogP contribution is -2.41. The van der Waals surface area contributed by atoms with Crippen LogP contribution in [0, 0.1) is 17.3 Å². The molecule has 0 radical (unpaired) electrons. The number of hydrogen-bond donors (Lipinski definition) is 1. The number of hydrogen-bond acceptors (Lipinski definition) is 1. The molecule has 3 unspecified atom stereocenters. The summed E-state index contributed by atoms with van der Waals surface area (Å²) in [5.74, 6) is -0.228. The molecule has 0 aromatic heterocycles. The van der Waals surface area contributed by atoms with Crippen LogP contribution in [-0.4, -0.2) is 11.1 Å². The second-order valence-corrected chi connectivity index (χ2v) is 5.51. The highest BCUT2D eigenvalue weighted by Gasteiger charge is 2.51. The van der Waals surface area contributed by atoms with Crippen LogP contribution < -0.4 is 0 Å². The fourth-order valence-corrected chi connectivity index (χ4v) is 4.07. The topological polar surface area (TPSA) is 37.3 Å². The van der Waals surface area contributed by atoms with Gasteiger partial charge in [-0.05, 0) is 43.9 Å². The molecule has 2 aliphatic rings. The van der Waals surface area contributed by atoms with Crippen LogP contribution in [0.3, 0.4) is 0 Å². The van der Waals surface area contributed by atoms with Gasteiger partial charge in [-0.25, -0.2) is 0 Å². The van der Waals surface area contributed by atoms with E-state index >= 15 is 0 Å². The molecule has 2 heteroatoms. The van der Waals surface area contributed by atoms with Crippen molar-refractivity contribution in [3.8, 4) is 0 Å². The van der Waals surface area contributed by atoms with E-state index in [1.54, 1.807) is 0 Å². The molecule has 0 aromatic carbocycles. The van der Waals surface area contributed by atoms with E-state index in [1.165, 1.54) is 24.8 Å². The molecule has 2 nitrogen and oxygen atoms in total. The quantitative estimate of drug-likeness (QED) is 0.688. The predicted molar refractivity (Wildman–Crippen MR) is 64.2 cm³/mol. The highest BCUT2D eigenvalue weighted by Crippen LogP contribution is 2.57. The van der Waals surface area contributed by atoms with Gasteiger partial charge in [0.2, 0.25) is 0 Å². The van der Waals surface area contributed by atoms with E-state index in [0.29, 0.717) is 5.92 Å². The first-order valence-electron chi connectivity index (χ1n) is 6.49. The van der Waals surface area contributed by atoms with Gasteiger partial charge >= 0.3 is 5.97 Å². The van der Waals surface area contributed by atoms with Gasteiger partial charge in [0.05, 0.1) is 5.92 Å². The molecule has 2 aliphatic carbocycles. The van der Waals surface area contributed by atoms with Crippen molar-refractivity contribution in [3.05, 3.63) is 11.6 Å². The van der Waals surface area contributed by atoms with Gasteiger partial charge in [-0.1, -0.05) is 31.4 Å². The zero-order chi connectivity index (χ0) is 11.8. The van der Waals surface area contributed by atoms with Crippen LogP contribution >= 0.6 is 0 Å². The van der Waals surface area contributed by atoms with Gasteiger partial charge in [0.25, 0.3) is 0 Å². The first-order valence-corrected chi connectivity index (χ1v) is 6.49. The largest absolute Gasteiger partial charge is 0.481 e. The minimum absolute atomic E-state index is 0.0753. The van der Waals surface area contributed by atoms with E-state index < -0.39 is 5.97 Å². The lowest BCUT2D eigenvalue weighted by Gasteiger charge is -2.44. The van der Waals surface area contributed by atoms with Crippen LogP contribution in [0.25, 0.3) is 0 Å². The van der Waals surface area contributed by atoms with Crippen molar-refractivity contribution in [2.75, 3.05) is 0 Å². The summed E-state index contributed by atoms with van der Waals surface area (Å²) in [5.41, 5.74) is 1.25. The molecule has 2 saturated carbocycles. The van der Waals surface area contributed by atoms with Crippen molar-refractivity contribution < 1.29 is 9.90 Å². The molecule has 3 atom stereocenters.